The molecule has 1 heterocycles. The van der Waals surface area contributed by atoms with E-state index in [1.165, 1.54) is 0 Å². The van der Waals surface area contributed by atoms with E-state index in [0.717, 1.165) is 6.42 Å². The number of hydrogen-bond donors (Lipinski definition) is 6. The molecule has 0 saturated carbocycles. The molecule has 1 amide bonds. The fourth-order valence-corrected chi connectivity index (χ4v) is 2.48. The van der Waals surface area contributed by atoms with Gasteiger partial charge in [-0.15, -0.1) is 0 Å². The maximum absolute atomic E-state index is 11.2. The summed E-state index contributed by atoms with van der Waals surface area (Å²) >= 11 is 0. The Morgan fingerprint density at radius 2 is 2.25 bits per heavy atom. The van der Waals surface area contributed by atoms with Crippen molar-refractivity contribution in [3.8, 4) is 0 Å². The van der Waals surface area contributed by atoms with Crippen molar-refractivity contribution in [3.05, 3.63) is 0 Å². The summed E-state index contributed by atoms with van der Waals surface area (Å²) in [5.74, 6) is -0.251. The van der Waals surface area contributed by atoms with E-state index in [-0.39, 0.29) is 18.4 Å². The minimum absolute atomic E-state index is 0.0156. The Morgan fingerprint density at radius 3 is 2.80 bits per heavy atom. The second-order valence-electron chi connectivity index (χ2n) is 5.60. The first-order valence-electron chi connectivity index (χ1n) is 6.74. The van der Waals surface area contributed by atoms with Gasteiger partial charge in [0, 0.05) is 18.6 Å². The lowest BCUT2D eigenvalue weighted by molar-refractivity contribution is -0.118. The van der Waals surface area contributed by atoms with Crippen LogP contribution in [0.3, 0.4) is 0 Å². The van der Waals surface area contributed by atoms with E-state index in [0.29, 0.717) is 25.8 Å². The normalized spacial score (nSPS) is 25.6. The Morgan fingerprint density at radius 1 is 1.60 bits per heavy atom. The van der Waals surface area contributed by atoms with E-state index in [1.54, 1.807) is 4.90 Å². The topological polar surface area (TPSA) is 149 Å². The molecule has 9 heteroatoms. The molecular weight excluding hydrogens is 261 g/mol. The van der Waals surface area contributed by atoms with Crippen molar-refractivity contribution in [2.45, 2.75) is 31.6 Å². The highest BCUT2D eigenvalue weighted by Crippen LogP contribution is 2.29. The number of carbonyl (C=O) groups excluding carboxylic acids is 1. The van der Waals surface area contributed by atoms with Crippen molar-refractivity contribution in [1.29, 1.82) is 5.41 Å². The molecular formula is C11H24BN5O3. The molecule has 1 rings (SSSR count). The third-order valence-corrected chi connectivity index (χ3v) is 3.68. The van der Waals surface area contributed by atoms with Crippen LogP contribution in [0, 0.1) is 11.3 Å². The molecule has 0 aromatic rings. The lowest BCUT2D eigenvalue weighted by Gasteiger charge is -2.25. The molecule has 8 N–H and O–H groups in total. The van der Waals surface area contributed by atoms with Crippen LogP contribution in [0.5, 0.6) is 0 Å². The van der Waals surface area contributed by atoms with E-state index < -0.39 is 18.6 Å². The molecule has 0 aromatic carbocycles. The van der Waals surface area contributed by atoms with Gasteiger partial charge in [0.05, 0.1) is 6.54 Å². The lowest BCUT2D eigenvalue weighted by atomic mass is 9.79. The average Bonchev–Trinajstić information content (AvgIpc) is 2.64. The van der Waals surface area contributed by atoms with Crippen LogP contribution >= 0.6 is 0 Å². The van der Waals surface area contributed by atoms with E-state index in [9.17, 15) is 4.79 Å². The van der Waals surface area contributed by atoms with Crippen LogP contribution in [0.15, 0.2) is 0 Å². The van der Waals surface area contributed by atoms with Gasteiger partial charge in [-0.25, -0.2) is 0 Å². The van der Waals surface area contributed by atoms with Gasteiger partial charge in [-0.3, -0.25) is 15.5 Å². The first-order chi connectivity index (χ1) is 9.26. The maximum atomic E-state index is 11.2. The molecule has 20 heavy (non-hydrogen) atoms. The molecule has 1 fully saturated rings. The van der Waals surface area contributed by atoms with Crippen molar-refractivity contribution >= 4 is 19.0 Å². The summed E-state index contributed by atoms with van der Waals surface area (Å²) in [6.07, 6.45) is 1.72. The lowest BCUT2D eigenvalue weighted by Crippen LogP contribution is -2.48. The van der Waals surface area contributed by atoms with Crippen molar-refractivity contribution < 1.29 is 14.8 Å². The Hall–Kier alpha value is -1.16. The van der Waals surface area contributed by atoms with Gasteiger partial charge in [-0.2, -0.15) is 0 Å². The zero-order valence-corrected chi connectivity index (χ0v) is 11.8. The van der Waals surface area contributed by atoms with Crippen molar-refractivity contribution in [3.63, 3.8) is 0 Å². The van der Waals surface area contributed by atoms with Gasteiger partial charge in [0.25, 0.3) is 0 Å². The highest BCUT2D eigenvalue weighted by atomic mass is 16.4. The number of likely N-dealkylation sites (tertiary alicyclic amines) is 1. The fourth-order valence-electron chi connectivity index (χ4n) is 2.48. The van der Waals surface area contributed by atoms with Crippen molar-refractivity contribution in [1.82, 2.24) is 10.2 Å². The monoisotopic (exact) mass is 285 g/mol. The fraction of sp³-hybridized carbons (Fsp3) is 0.818. The van der Waals surface area contributed by atoms with Gasteiger partial charge in [0.15, 0.2) is 5.96 Å². The Labute approximate surface area is 119 Å². The molecule has 0 aliphatic carbocycles. The largest absolute Gasteiger partial charge is 0.451 e. The molecule has 0 aromatic heterocycles. The number of nitrogens with two attached hydrogens (primary N) is 2. The molecule has 2 atom stereocenters. The molecule has 0 spiro atoms. The standard InChI is InChI=1S/C11H24BN5O3/c1-11(15)7-17(10(14)16-9(18)5-13)6-8(11)3-2-4-12(19)20/h8,19-20H,2-7,13,15H2,1H3,(H2,14,16,18)/t8-,11-/m0/s1. The molecule has 1 aliphatic heterocycles. The van der Waals surface area contributed by atoms with E-state index >= 15 is 0 Å². The summed E-state index contributed by atoms with van der Waals surface area (Å²) in [4.78, 5) is 12.9. The summed E-state index contributed by atoms with van der Waals surface area (Å²) in [6.45, 7) is 2.79. The van der Waals surface area contributed by atoms with E-state index in [1.807, 2.05) is 6.92 Å². The number of amides is 1. The van der Waals surface area contributed by atoms with Crippen LogP contribution in [0.25, 0.3) is 0 Å². The quantitative estimate of drug-likeness (QED) is 0.193. The SMILES string of the molecule is C[C@]1(N)CN(C(=N)NC(=O)CN)C[C@@H]1CCCB(O)O. The average molecular weight is 285 g/mol. The highest BCUT2D eigenvalue weighted by molar-refractivity contribution is 6.40. The van der Waals surface area contributed by atoms with Crippen molar-refractivity contribution in [2.75, 3.05) is 19.6 Å². The maximum Gasteiger partial charge on any atom is 0.451 e. The summed E-state index contributed by atoms with van der Waals surface area (Å²) in [7, 11) is -1.29. The molecule has 1 aliphatic rings. The molecule has 114 valence electrons. The summed E-state index contributed by atoms with van der Waals surface area (Å²) in [5.41, 5.74) is 11.0. The number of carbonyl (C=O) groups is 1. The number of rotatable bonds is 5. The smallest absolute Gasteiger partial charge is 0.427 e. The minimum atomic E-state index is -1.29. The third-order valence-electron chi connectivity index (χ3n) is 3.68. The minimum Gasteiger partial charge on any atom is -0.427 e. The van der Waals surface area contributed by atoms with Gasteiger partial charge >= 0.3 is 7.12 Å². The van der Waals surface area contributed by atoms with Crippen LogP contribution in [0.4, 0.5) is 0 Å². The van der Waals surface area contributed by atoms with Gasteiger partial charge in [0.2, 0.25) is 5.91 Å². The molecule has 0 radical (unpaired) electrons. The van der Waals surface area contributed by atoms with E-state index in [4.69, 9.17) is 26.9 Å². The van der Waals surface area contributed by atoms with Gasteiger partial charge < -0.3 is 26.4 Å². The van der Waals surface area contributed by atoms with Crippen LogP contribution in [-0.4, -0.2) is 59.1 Å². The molecule has 1 saturated heterocycles. The molecule has 8 nitrogen and oxygen atoms in total. The summed E-state index contributed by atoms with van der Waals surface area (Å²) in [5, 5.41) is 27.9. The van der Waals surface area contributed by atoms with Crippen LogP contribution in [0.2, 0.25) is 6.32 Å². The number of hydrogen-bond acceptors (Lipinski definition) is 6. The Bertz CT molecular complexity index is 364. The number of guanidine groups is 1. The first-order valence-corrected chi connectivity index (χ1v) is 6.74. The second-order valence-corrected chi connectivity index (χ2v) is 5.60. The van der Waals surface area contributed by atoms with Gasteiger partial charge in [-0.05, 0) is 25.6 Å². The van der Waals surface area contributed by atoms with Gasteiger partial charge in [-0.1, -0.05) is 6.42 Å². The highest BCUT2D eigenvalue weighted by Gasteiger charge is 2.40. The zero-order chi connectivity index (χ0) is 15.3. The predicted octanol–water partition coefficient (Wildman–Crippen LogP) is -2.10. The van der Waals surface area contributed by atoms with Crippen LogP contribution in [-0.2, 0) is 4.79 Å². The molecule has 0 unspecified atom stereocenters. The number of nitrogens with one attached hydrogen (secondary N) is 2. The van der Waals surface area contributed by atoms with Crippen LogP contribution < -0.4 is 16.8 Å². The number of nitrogens with zero attached hydrogens (tertiary/aromatic N) is 1. The zero-order valence-electron chi connectivity index (χ0n) is 11.8. The van der Waals surface area contributed by atoms with Crippen molar-refractivity contribution in [2.24, 2.45) is 17.4 Å². The van der Waals surface area contributed by atoms with Gasteiger partial charge in [0.1, 0.15) is 0 Å². The first kappa shape index (κ1) is 16.9. The second kappa shape index (κ2) is 7.03. The Kier molecular flexibility index (Phi) is 5.94. The molecule has 0 bridgehead atoms. The van der Waals surface area contributed by atoms with E-state index in [2.05, 4.69) is 5.32 Å². The third kappa shape index (κ3) is 4.75. The van der Waals surface area contributed by atoms with Crippen LogP contribution in [0.1, 0.15) is 19.8 Å². The summed E-state index contributed by atoms with van der Waals surface area (Å²) in [6, 6.07) is 0. The predicted molar refractivity (Wildman–Crippen MR) is 76.8 cm³/mol. The summed E-state index contributed by atoms with van der Waals surface area (Å²) < 4.78 is 0. The Balaban J connectivity index is 2.51.